The van der Waals surface area contributed by atoms with Gasteiger partial charge < -0.3 is 0 Å². The minimum Gasteiger partial charge on any atom is -0.270 e. The molecule has 0 bridgehead atoms. The van der Waals surface area contributed by atoms with E-state index < -0.39 is 21.0 Å². The molecule has 0 radical (unpaired) electrons. The van der Waals surface area contributed by atoms with Crippen molar-refractivity contribution in [2.45, 2.75) is 43.5 Å². The molecule has 30 heavy (non-hydrogen) atoms. The number of alkyl halides is 3. The molecular formula is C20H23Cl2F3O3S2. The molecule has 0 saturated heterocycles. The van der Waals surface area contributed by atoms with E-state index in [1.807, 2.05) is 6.92 Å². The monoisotopic (exact) mass is 502 g/mol. The molecule has 1 heterocycles. The van der Waals surface area contributed by atoms with Crippen LogP contribution in [0.15, 0.2) is 29.2 Å². The molecule has 2 aliphatic rings. The normalized spacial score (nSPS) is 30.4. The number of hydrogen-bond donors (Lipinski definition) is 0. The summed E-state index contributed by atoms with van der Waals surface area (Å²) in [5.74, 6) is 0.253. The molecule has 10 heteroatoms. The standard InChI is InChI=1S/C20H23Cl2F3O3S2/c1-12-5-13(3-4-14(12)10-28-30(2,26)27)15-9-19(29-11-15,20(23,24)25)16-6-17(21)8-18(22)7-16/h6-8,11-14H,3-5,9-10H2,1-2H3. The maximum atomic E-state index is 14.2. The van der Waals surface area contributed by atoms with Gasteiger partial charge in [-0.25, -0.2) is 0 Å². The van der Waals surface area contributed by atoms with Crippen molar-refractivity contribution in [2.75, 3.05) is 12.9 Å². The lowest BCUT2D eigenvalue weighted by atomic mass is 9.71. The van der Waals surface area contributed by atoms with Gasteiger partial charge in [-0.15, -0.1) is 11.8 Å². The van der Waals surface area contributed by atoms with E-state index in [1.165, 1.54) is 18.2 Å². The fourth-order valence-electron chi connectivity index (χ4n) is 4.33. The first-order valence-electron chi connectivity index (χ1n) is 9.55. The molecular weight excluding hydrogens is 480 g/mol. The summed E-state index contributed by atoms with van der Waals surface area (Å²) >= 11 is 12.8. The summed E-state index contributed by atoms with van der Waals surface area (Å²) in [7, 11) is -3.51. The number of benzene rings is 1. The van der Waals surface area contributed by atoms with Gasteiger partial charge in [0.05, 0.1) is 12.9 Å². The van der Waals surface area contributed by atoms with Crippen LogP contribution >= 0.6 is 35.0 Å². The first-order chi connectivity index (χ1) is 13.8. The lowest BCUT2D eigenvalue weighted by molar-refractivity contribution is -0.161. The molecule has 4 atom stereocenters. The average Bonchev–Trinajstić information content (AvgIpc) is 3.05. The van der Waals surface area contributed by atoms with Gasteiger partial charge in [-0.2, -0.15) is 21.6 Å². The van der Waals surface area contributed by atoms with E-state index in [9.17, 15) is 21.6 Å². The summed E-state index contributed by atoms with van der Waals surface area (Å²) in [5, 5.41) is 2.00. The van der Waals surface area contributed by atoms with Gasteiger partial charge in [0, 0.05) is 10.0 Å². The molecule has 1 saturated carbocycles. The van der Waals surface area contributed by atoms with Gasteiger partial charge in [-0.05, 0) is 72.6 Å². The van der Waals surface area contributed by atoms with Crippen LogP contribution in [0.2, 0.25) is 10.0 Å². The zero-order valence-electron chi connectivity index (χ0n) is 16.5. The van der Waals surface area contributed by atoms with Crippen LogP contribution < -0.4 is 0 Å². The fourth-order valence-corrected chi connectivity index (χ4v) is 6.54. The first kappa shape index (κ1) is 24.2. The Morgan fingerprint density at radius 3 is 2.37 bits per heavy atom. The van der Waals surface area contributed by atoms with Crippen LogP contribution in [0, 0.1) is 17.8 Å². The van der Waals surface area contributed by atoms with E-state index >= 15 is 0 Å². The number of halogens is 5. The maximum Gasteiger partial charge on any atom is 0.407 e. The minimum absolute atomic E-state index is 0.0286. The Hall–Kier alpha value is -0.410. The highest BCUT2D eigenvalue weighted by Gasteiger charge is 2.59. The second-order valence-electron chi connectivity index (χ2n) is 8.21. The molecule has 168 valence electrons. The van der Waals surface area contributed by atoms with Crippen LogP contribution in [0.1, 0.15) is 38.2 Å². The zero-order chi connectivity index (χ0) is 22.3. The third-order valence-electron chi connectivity index (χ3n) is 6.02. The number of thioether (sulfide) groups is 1. The summed E-state index contributed by atoms with van der Waals surface area (Å²) < 4.78 is 68.1. The molecule has 1 aliphatic carbocycles. The van der Waals surface area contributed by atoms with Crippen molar-refractivity contribution >= 4 is 45.1 Å². The third kappa shape index (κ3) is 5.31. The molecule has 0 amide bonds. The summed E-state index contributed by atoms with van der Waals surface area (Å²) in [4.78, 5) is 0. The quantitative estimate of drug-likeness (QED) is 0.415. The second kappa shape index (κ2) is 8.85. The predicted octanol–water partition coefficient (Wildman–Crippen LogP) is 6.80. The number of hydrogen-bond acceptors (Lipinski definition) is 4. The molecule has 4 unspecified atom stereocenters. The molecule has 1 aromatic rings. The molecule has 3 nitrogen and oxygen atoms in total. The molecule has 1 aromatic carbocycles. The SMILES string of the molecule is CC1CC(C2=CSC(c3cc(Cl)cc(Cl)c3)(C(F)(F)F)C2)CCC1COS(C)(=O)=O. The van der Waals surface area contributed by atoms with E-state index in [2.05, 4.69) is 0 Å². The summed E-state index contributed by atoms with van der Waals surface area (Å²) in [5.41, 5.74) is 0.842. The van der Waals surface area contributed by atoms with Crippen molar-refractivity contribution in [2.24, 2.45) is 17.8 Å². The van der Waals surface area contributed by atoms with Gasteiger partial charge >= 0.3 is 6.18 Å². The Morgan fingerprint density at radius 1 is 1.20 bits per heavy atom. The van der Waals surface area contributed by atoms with Crippen LogP contribution in [0.3, 0.4) is 0 Å². The number of rotatable bonds is 5. The van der Waals surface area contributed by atoms with Crippen LogP contribution in [-0.4, -0.2) is 27.5 Å². The van der Waals surface area contributed by atoms with Crippen molar-refractivity contribution in [3.05, 3.63) is 44.8 Å². The molecule has 3 rings (SSSR count). The average molecular weight is 503 g/mol. The van der Waals surface area contributed by atoms with Crippen molar-refractivity contribution in [3.8, 4) is 0 Å². The van der Waals surface area contributed by atoms with Gasteiger partial charge in [0.1, 0.15) is 4.75 Å². The zero-order valence-corrected chi connectivity index (χ0v) is 19.7. The van der Waals surface area contributed by atoms with Crippen LogP contribution in [0.5, 0.6) is 0 Å². The van der Waals surface area contributed by atoms with Crippen LogP contribution in [0.4, 0.5) is 13.2 Å². The van der Waals surface area contributed by atoms with E-state index in [1.54, 1.807) is 5.41 Å². The topological polar surface area (TPSA) is 43.4 Å². The summed E-state index contributed by atoms with van der Waals surface area (Å²) in [6.45, 7) is 2.12. The van der Waals surface area contributed by atoms with Crippen molar-refractivity contribution in [3.63, 3.8) is 0 Å². The first-order valence-corrected chi connectivity index (χ1v) is 13.0. The van der Waals surface area contributed by atoms with Gasteiger partial charge in [0.25, 0.3) is 10.1 Å². The van der Waals surface area contributed by atoms with E-state index in [0.29, 0.717) is 19.3 Å². The lowest BCUT2D eigenvalue weighted by Crippen LogP contribution is -2.38. The van der Waals surface area contributed by atoms with E-state index in [4.69, 9.17) is 27.4 Å². The van der Waals surface area contributed by atoms with Crippen LogP contribution in [0.25, 0.3) is 0 Å². The Kier molecular flexibility index (Phi) is 7.15. The Bertz CT molecular complexity index is 913. The molecule has 0 aromatic heterocycles. The molecule has 1 aliphatic heterocycles. The van der Waals surface area contributed by atoms with E-state index in [-0.39, 0.29) is 46.4 Å². The van der Waals surface area contributed by atoms with Crippen molar-refractivity contribution in [1.29, 1.82) is 0 Å². The maximum absolute atomic E-state index is 14.2. The fraction of sp³-hybridized carbons (Fsp3) is 0.600. The van der Waals surface area contributed by atoms with Gasteiger partial charge in [0.2, 0.25) is 0 Å². The largest absolute Gasteiger partial charge is 0.407 e. The molecule has 0 N–H and O–H groups in total. The van der Waals surface area contributed by atoms with Gasteiger partial charge in [0.15, 0.2) is 0 Å². The van der Waals surface area contributed by atoms with Crippen LogP contribution in [-0.2, 0) is 19.0 Å². The summed E-state index contributed by atoms with van der Waals surface area (Å²) in [6, 6.07) is 4.10. The van der Waals surface area contributed by atoms with Crippen molar-refractivity contribution < 1.29 is 25.8 Å². The van der Waals surface area contributed by atoms with E-state index in [0.717, 1.165) is 23.6 Å². The Labute approximate surface area is 189 Å². The van der Waals surface area contributed by atoms with Gasteiger partial charge in [-0.1, -0.05) is 35.7 Å². The third-order valence-corrected chi connectivity index (χ3v) is 8.45. The smallest absolute Gasteiger partial charge is 0.270 e. The lowest BCUT2D eigenvalue weighted by Gasteiger charge is -2.36. The predicted molar refractivity (Wildman–Crippen MR) is 115 cm³/mol. The van der Waals surface area contributed by atoms with Gasteiger partial charge in [-0.3, -0.25) is 4.18 Å². The Balaban J connectivity index is 1.75. The molecule has 0 spiro atoms. The molecule has 1 fully saturated rings. The summed E-state index contributed by atoms with van der Waals surface area (Å²) in [6.07, 6.45) is -1.48. The van der Waals surface area contributed by atoms with Crippen molar-refractivity contribution in [1.82, 2.24) is 0 Å². The second-order valence-corrected chi connectivity index (χ2v) is 11.9. The highest BCUT2D eigenvalue weighted by Crippen LogP contribution is 2.60. The highest BCUT2D eigenvalue weighted by molar-refractivity contribution is 8.03. The minimum atomic E-state index is -4.48. The number of allylic oxidation sites excluding steroid dienone is 1. The highest BCUT2D eigenvalue weighted by atomic mass is 35.5. The Morgan fingerprint density at radius 2 is 1.83 bits per heavy atom.